The van der Waals surface area contributed by atoms with Gasteiger partial charge in [0.1, 0.15) is 11.4 Å². The Labute approximate surface area is 88.1 Å². The van der Waals surface area contributed by atoms with Crippen LogP contribution in [-0.2, 0) is 0 Å². The maximum atomic E-state index is 9.36. The van der Waals surface area contributed by atoms with E-state index in [0.29, 0.717) is 12.8 Å². The number of aliphatic hydroxyl groups excluding tert-OH is 1. The van der Waals surface area contributed by atoms with Gasteiger partial charge in [-0.15, -0.1) is 0 Å². The molecule has 3 rings (SSSR count). The van der Waals surface area contributed by atoms with Crippen LogP contribution in [0.2, 0.25) is 0 Å². The van der Waals surface area contributed by atoms with Crippen molar-refractivity contribution in [3.05, 3.63) is 24.0 Å². The third-order valence-electron chi connectivity index (χ3n) is 3.35. The molecule has 4 nitrogen and oxygen atoms in total. The first-order valence-corrected chi connectivity index (χ1v) is 5.25. The summed E-state index contributed by atoms with van der Waals surface area (Å²) in [6.45, 7) is 0. The molecular formula is C11H14N2O2. The summed E-state index contributed by atoms with van der Waals surface area (Å²) in [5.74, 6) is 0.781. The second kappa shape index (κ2) is 2.93. The number of aliphatic hydroxyl groups is 1. The van der Waals surface area contributed by atoms with E-state index in [4.69, 9.17) is 10.5 Å². The first-order valence-electron chi connectivity index (χ1n) is 5.25. The van der Waals surface area contributed by atoms with Crippen molar-refractivity contribution in [3.63, 3.8) is 0 Å². The fourth-order valence-corrected chi connectivity index (χ4v) is 2.62. The zero-order valence-corrected chi connectivity index (χ0v) is 8.39. The van der Waals surface area contributed by atoms with Gasteiger partial charge in [0, 0.05) is 37.1 Å². The van der Waals surface area contributed by atoms with Crippen LogP contribution in [0.15, 0.2) is 18.5 Å². The van der Waals surface area contributed by atoms with Gasteiger partial charge in [-0.1, -0.05) is 0 Å². The molecule has 1 saturated carbocycles. The first kappa shape index (κ1) is 9.12. The number of rotatable bonds is 0. The molecule has 1 aliphatic heterocycles. The van der Waals surface area contributed by atoms with Crippen molar-refractivity contribution in [2.75, 3.05) is 0 Å². The highest BCUT2D eigenvalue weighted by Crippen LogP contribution is 2.47. The summed E-state index contributed by atoms with van der Waals surface area (Å²) in [5.41, 5.74) is 6.89. The number of hydrogen-bond acceptors (Lipinski definition) is 4. The fraction of sp³-hybridized carbons (Fsp3) is 0.545. The number of nitrogens with zero attached hydrogens (tertiary/aromatic N) is 1. The molecule has 15 heavy (non-hydrogen) atoms. The standard InChI is InChI=1S/C11H14N2O2/c12-9-5-11(3-7(14)4-11)15-10-6-13-2-1-8(9)10/h1-2,6-7,9,14H,3-5,12H2. The molecule has 1 atom stereocenters. The fourth-order valence-electron chi connectivity index (χ4n) is 2.62. The minimum absolute atomic E-state index is 0.00394. The number of fused-ring (bicyclic) bond motifs is 1. The Kier molecular flexibility index (Phi) is 1.78. The Bertz CT molecular complexity index is 388. The Hall–Kier alpha value is -1.13. The molecule has 0 amide bonds. The first-order chi connectivity index (χ1) is 7.19. The number of nitrogens with two attached hydrogens (primary N) is 1. The maximum Gasteiger partial charge on any atom is 0.143 e. The summed E-state index contributed by atoms with van der Waals surface area (Å²) in [6.07, 6.45) is 5.39. The van der Waals surface area contributed by atoms with E-state index >= 15 is 0 Å². The number of ether oxygens (including phenoxy) is 1. The predicted molar refractivity (Wildman–Crippen MR) is 54.4 cm³/mol. The molecule has 80 valence electrons. The minimum atomic E-state index is -0.227. The van der Waals surface area contributed by atoms with Gasteiger partial charge in [-0.05, 0) is 6.07 Å². The van der Waals surface area contributed by atoms with Gasteiger partial charge in [-0.3, -0.25) is 4.98 Å². The van der Waals surface area contributed by atoms with Crippen LogP contribution in [0.25, 0.3) is 0 Å². The smallest absolute Gasteiger partial charge is 0.143 e. The topological polar surface area (TPSA) is 68.4 Å². The summed E-state index contributed by atoms with van der Waals surface area (Å²) in [4.78, 5) is 4.03. The van der Waals surface area contributed by atoms with Gasteiger partial charge in [0.2, 0.25) is 0 Å². The van der Waals surface area contributed by atoms with E-state index in [9.17, 15) is 5.11 Å². The predicted octanol–water partition coefficient (Wildman–Crippen LogP) is 0.757. The number of pyridine rings is 1. The lowest BCUT2D eigenvalue weighted by molar-refractivity contribution is -0.110. The molecule has 2 aliphatic rings. The van der Waals surface area contributed by atoms with Crippen LogP contribution in [0.5, 0.6) is 5.75 Å². The van der Waals surface area contributed by atoms with Crippen molar-refractivity contribution >= 4 is 0 Å². The number of aromatic nitrogens is 1. The molecule has 0 bridgehead atoms. The average Bonchev–Trinajstić information content (AvgIpc) is 2.16. The third kappa shape index (κ3) is 1.33. The van der Waals surface area contributed by atoms with E-state index in [1.165, 1.54) is 0 Å². The number of hydrogen-bond donors (Lipinski definition) is 2. The molecule has 1 fully saturated rings. The lowest BCUT2D eigenvalue weighted by atomic mass is 9.71. The summed E-state index contributed by atoms with van der Waals surface area (Å²) in [7, 11) is 0. The summed E-state index contributed by atoms with van der Waals surface area (Å²) >= 11 is 0. The Morgan fingerprint density at radius 3 is 3.00 bits per heavy atom. The molecule has 4 heteroatoms. The quantitative estimate of drug-likeness (QED) is 0.657. The van der Waals surface area contributed by atoms with Gasteiger partial charge in [-0.2, -0.15) is 0 Å². The highest BCUT2D eigenvalue weighted by molar-refractivity contribution is 5.36. The second-order valence-electron chi connectivity index (χ2n) is 4.57. The SMILES string of the molecule is NC1CC2(CC(O)C2)Oc2cnccc21. The van der Waals surface area contributed by atoms with Crippen LogP contribution in [0, 0.1) is 0 Å². The van der Waals surface area contributed by atoms with Gasteiger partial charge < -0.3 is 15.6 Å². The molecule has 1 aliphatic carbocycles. The largest absolute Gasteiger partial charge is 0.485 e. The molecule has 2 heterocycles. The monoisotopic (exact) mass is 206 g/mol. The molecule has 1 aromatic rings. The van der Waals surface area contributed by atoms with Crippen molar-refractivity contribution in [1.29, 1.82) is 0 Å². The average molecular weight is 206 g/mol. The van der Waals surface area contributed by atoms with E-state index in [1.54, 1.807) is 12.4 Å². The van der Waals surface area contributed by atoms with Gasteiger partial charge in [0.15, 0.2) is 0 Å². The van der Waals surface area contributed by atoms with Crippen molar-refractivity contribution in [2.45, 2.75) is 37.0 Å². The molecule has 1 spiro atoms. The Morgan fingerprint density at radius 2 is 2.27 bits per heavy atom. The van der Waals surface area contributed by atoms with E-state index < -0.39 is 0 Å². The van der Waals surface area contributed by atoms with E-state index in [1.807, 2.05) is 6.07 Å². The van der Waals surface area contributed by atoms with Crippen LogP contribution in [-0.4, -0.2) is 21.8 Å². The third-order valence-corrected chi connectivity index (χ3v) is 3.35. The van der Waals surface area contributed by atoms with Crippen LogP contribution in [0.4, 0.5) is 0 Å². The highest BCUT2D eigenvalue weighted by atomic mass is 16.5. The molecule has 0 aromatic carbocycles. The van der Waals surface area contributed by atoms with E-state index in [0.717, 1.165) is 17.7 Å². The molecule has 1 aromatic heterocycles. The van der Waals surface area contributed by atoms with Crippen LogP contribution in [0.1, 0.15) is 30.9 Å². The van der Waals surface area contributed by atoms with Crippen LogP contribution < -0.4 is 10.5 Å². The molecule has 0 radical (unpaired) electrons. The van der Waals surface area contributed by atoms with Crippen molar-refractivity contribution in [1.82, 2.24) is 4.98 Å². The van der Waals surface area contributed by atoms with Gasteiger partial charge in [-0.25, -0.2) is 0 Å². The summed E-state index contributed by atoms with van der Waals surface area (Å²) < 4.78 is 5.89. The second-order valence-corrected chi connectivity index (χ2v) is 4.57. The normalized spacial score (nSPS) is 38.0. The van der Waals surface area contributed by atoms with Gasteiger partial charge >= 0.3 is 0 Å². The lowest BCUT2D eigenvalue weighted by Gasteiger charge is -2.49. The Balaban J connectivity index is 1.93. The zero-order valence-electron chi connectivity index (χ0n) is 8.39. The van der Waals surface area contributed by atoms with Crippen LogP contribution in [0.3, 0.4) is 0 Å². The van der Waals surface area contributed by atoms with E-state index in [-0.39, 0.29) is 17.7 Å². The van der Waals surface area contributed by atoms with Crippen LogP contribution >= 0.6 is 0 Å². The molecular weight excluding hydrogens is 192 g/mol. The lowest BCUT2D eigenvalue weighted by Crippen LogP contribution is -2.55. The van der Waals surface area contributed by atoms with Crippen molar-refractivity contribution in [3.8, 4) is 5.75 Å². The Morgan fingerprint density at radius 1 is 1.47 bits per heavy atom. The summed E-state index contributed by atoms with van der Waals surface area (Å²) in [5, 5.41) is 9.36. The maximum absolute atomic E-state index is 9.36. The molecule has 0 saturated heterocycles. The highest BCUT2D eigenvalue weighted by Gasteiger charge is 2.49. The minimum Gasteiger partial charge on any atom is -0.485 e. The van der Waals surface area contributed by atoms with Gasteiger partial charge in [0.25, 0.3) is 0 Å². The molecule has 3 N–H and O–H groups in total. The van der Waals surface area contributed by atoms with E-state index in [2.05, 4.69) is 4.98 Å². The van der Waals surface area contributed by atoms with Crippen molar-refractivity contribution in [2.24, 2.45) is 5.73 Å². The summed E-state index contributed by atoms with van der Waals surface area (Å²) in [6, 6.07) is 1.91. The molecule has 1 unspecified atom stereocenters. The van der Waals surface area contributed by atoms with Crippen molar-refractivity contribution < 1.29 is 9.84 Å². The van der Waals surface area contributed by atoms with Gasteiger partial charge in [0.05, 0.1) is 12.3 Å². The zero-order chi connectivity index (χ0) is 10.5.